The second-order valence-corrected chi connectivity index (χ2v) is 8.03. The molecule has 2 aliphatic rings. The normalized spacial score (nSPS) is 26.1. The number of aliphatic hydroxyl groups is 2. The molecule has 1 saturated heterocycles. The summed E-state index contributed by atoms with van der Waals surface area (Å²) < 4.78 is 17.6. The topological polar surface area (TPSA) is 68.2 Å². The molecule has 0 spiro atoms. The zero-order chi connectivity index (χ0) is 20.5. The molecule has 2 aromatic carbocycles. The van der Waals surface area contributed by atoms with Gasteiger partial charge in [0.15, 0.2) is 0 Å². The van der Waals surface area contributed by atoms with E-state index in [2.05, 4.69) is 25.1 Å². The summed E-state index contributed by atoms with van der Waals surface area (Å²) in [4.78, 5) is 0. The van der Waals surface area contributed by atoms with Crippen molar-refractivity contribution in [3.63, 3.8) is 0 Å². The maximum Gasteiger partial charge on any atom is 0.126 e. The Kier molecular flexibility index (Phi) is 5.81. The molecule has 0 aliphatic carbocycles. The van der Waals surface area contributed by atoms with Crippen molar-refractivity contribution >= 4 is 0 Å². The molecule has 1 fully saturated rings. The van der Waals surface area contributed by atoms with Crippen LogP contribution in [0.1, 0.15) is 54.2 Å². The van der Waals surface area contributed by atoms with Crippen LogP contribution in [-0.4, -0.2) is 41.7 Å². The van der Waals surface area contributed by atoms with Crippen molar-refractivity contribution in [2.24, 2.45) is 0 Å². The van der Waals surface area contributed by atoms with Crippen LogP contribution in [0, 0.1) is 6.92 Å². The maximum atomic E-state index is 10.3. The second-order valence-electron chi connectivity index (χ2n) is 8.03. The highest BCUT2D eigenvalue weighted by Gasteiger charge is 2.37. The third-order valence-electron chi connectivity index (χ3n) is 6.06. The molecule has 0 saturated carbocycles. The Morgan fingerprint density at radius 2 is 1.93 bits per heavy atom. The number of hydrogen-bond donors (Lipinski definition) is 2. The van der Waals surface area contributed by atoms with Gasteiger partial charge in [0.25, 0.3) is 0 Å². The van der Waals surface area contributed by atoms with Crippen molar-refractivity contribution < 1.29 is 24.4 Å². The number of fused-ring (bicyclic) bond motifs is 1. The van der Waals surface area contributed by atoms with Crippen LogP contribution in [0.4, 0.5) is 0 Å². The average Bonchev–Trinajstić information content (AvgIpc) is 3.20. The first-order valence-electron chi connectivity index (χ1n) is 10.5. The van der Waals surface area contributed by atoms with E-state index >= 15 is 0 Å². The van der Waals surface area contributed by atoms with Gasteiger partial charge in [0, 0.05) is 18.4 Å². The smallest absolute Gasteiger partial charge is 0.126 e. The van der Waals surface area contributed by atoms with E-state index in [0.29, 0.717) is 19.6 Å². The van der Waals surface area contributed by atoms with E-state index in [1.165, 1.54) is 22.3 Å². The van der Waals surface area contributed by atoms with Crippen LogP contribution in [-0.2, 0) is 17.6 Å². The van der Waals surface area contributed by atoms with Gasteiger partial charge in [0.05, 0.1) is 31.5 Å². The first-order valence-corrected chi connectivity index (χ1v) is 10.5. The van der Waals surface area contributed by atoms with Gasteiger partial charge in [-0.25, -0.2) is 0 Å². The third-order valence-corrected chi connectivity index (χ3v) is 6.06. The van der Waals surface area contributed by atoms with Crippen molar-refractivity contribution in [1.29, 1.82) is 0 Å². The van der Waals surface area contributed by atoms with Crippen molar-refractivity contribution in [3.8, 4) is 11.5 Å². The fraction of sp³-hybridized carbons (Fsp3) is 0.500. The Labute approximate surface area is 172 Å². The lowest BCUT2D eigenvalue weighted by atomic mass is 9.87. The molecule has 2 heterocycles. The number of hydrogen-bond acceptors (Lipinski definition) is 5. The molecule has 5 heteroatoms. The zero-order valence-corrected chi connectivity index (χ0v) is 17.4. The summed E-state index contributed by atoms with van der Waals surface area (Å²) in [7, 11) is 0. The number of ether oxygens (including phenoxy) is 3. The minimum atomic E-state index is -0.843. The molecule has 0 amide bonds. The standard InChI is InChI=1S/C24H30O5/c1-4-27-18-7-5-16(6-8-18)11-17-12-20(19-9-10-28-24(19)14(17)2)22-13-21(25)23(26)15(3)29-22/h5-8,12,15,21-23,25-26H,4,9-11,13H2,1-3H3/t15?,21?,22?,23-/m1/s1. The van der Waals surface area contributed by atoms with E-state index in [4.69, 9.17) is 14.2 Å². The molecular weight excluding hydrogens is 368 g/mol. The van der Waals surface area contributed by atoms with E-state index in [1.54, 1.807) is 0 Å². The van der Waals surface area contributed by atoms with Gasteiger partial charge in [0.2, 0.25) is 0 Å². The quantitative estimate of drug-likeness (QED) is 0.807. The molecule has 29 heavy (non-hydrogen) atoms. The largest absolute Gasteiger partial charge is 0.494 e. The van der Waals surface area contributed by atoms with Crippen LogP contribution < -0.4 is 9.47 Å². The SMILES string of the molecule is CCOc1ccc(Cc2cc(C3CC(O)[C@H](O)C(C)O3)c3c(c2C)OCC3)cc1. The van der Waals surface area contributed by atoms with Crippen LogP contribution in [0.3, 0.4) is 0 Å². The lowest BCUT2D eigenvalue weighted by molar-refractivity contribution is -0.163. The predicted molar refractivity (Wildman–Crippen MR) is 111 cm³/mol. The van der Waals surface area contributed by atoms with Gasteiger partial charge in [-0.05, 0) is 61.6 Å². The maximum absolute atomic E-state index is 10.3. The zero-order valence-electron chi connectivity index (χ0n) is 17.4. The molecule has 156 valence electrons. The summed E-state index contributed by atoms with van der Waals surface area (Å²) in [6.07, 6.45) is -0.237. The van der Waals surface area contributed by atoms with Gasteiger partial charge in [-0.2, -0.15) is 0 Å². The highest BCUT2D eigenvalue weighted by atomic mass is 16.5. The molecule has 2 N–H and O–H groups in total. The Balaban J connectivity index is 1.66. The van der Waals surface area contributed by atoms with Crippen LogP contribution in [0.2, 0.25) is 0 Å². The second kappa shape index (κ2) is 8.34. The van der Waals surface area contributed by atoms with Gasteiger partial charge in [0.1, 0.15) is 17.6 Å². The predicted octanol–water partition coefficient (Wildman–Crippen LogP) is 3.49. The lowest BCUT2D eigenvalue weighted by Gasteiger charge is -2.36. The summed E-state index contributed by atoms with van der Waals surface area (Å²) in [6, 6.07) is 10.4. The molecule has 0 radical (unpaired) electrons. The molecule has 4 atom stereocenters. The molecule has 0 aromatic heterocycles. The highest BCUT2D eigenvalue weighted by Crippen LogP contribution is 2.42. The monoisotopic (exact) mass is 398 g/mol. The van der Waals surface area contributed by atoms with Gasteiger partial charge in [-0.3, -0.25) is 0 Å². The Morgan fingerprint density at radius 1 is 1.17 bits per heavy atom. The molecule has 0 bridgehead atoms. The van der Waals surface area contributed by atoms with Crippen molar-refractivity contribution in [3.05, 3.63) is 58.1 Å². The first kappa shape index (κ1) is 20.2. The van der Waals surface area contributed by atoms with E-state index in [1.807, 2.05) is 26.0 Å². The summed E-state index contributed by atoms with van der Waals surface area (Å²) in [5, 5.41) is 20.3. The van der Waals surface area contributed by atoms with E-state index in [-0.39, 0.29) is 6.10 Å². The van der Waals surface area contributed by atoms with Crippen molar-refractivity contribution in [2.45, 2.75) is 64.4 Å². The highest BCUT2D eigenvalue weighted by molar-refractivity contribution is 5.54. The first-order chi connectivity index (χ1) is 14.0. The fourth-order valence-corrected chi connectivity index (χ4v) is 4.42. The van der Waals surface area contributed by atoms with Gasteiger partial charge >= 0.3 is 0 Å². The molecule has 3 unspecified atom stereocenters. The summed E-state index contributed by atoms with van der Waals surface area (Å²) in [5.41, 5.74) is 5.83. The van der Waals surface area contributed by atoms with Crippen molar-refractivity contribution in [2.75, 3.05) is 13.2 Å². The molecule has 2 aromatic rings. The van der Waals surface area contributed by atoms with Crippen LogP contribution in [0.15, 0.2) is 30.3 Å². The fourth-order valence-electron chi connectivity index (χ4n) is 4.42. The van der Waals surface area contributed by atoms with Gasteiger partial charge in [-0.1, -0.05) is 18.2 Å². The van der Waals surface area contributed by atoms with Crippen LogP contribution in [0.5, 0.6) is 11.5 Å². The Hall–Kier alpha value is -2.08. The summed E-state index contributed by atoms with van der Waals surface area (Å²) >= 11 is 0. The minimum absolute atomic E-state index is 0.237. The summed E-state index contributed by atoms with van der Waals surface area (Å²) in [5.74, 6) is 1.84. The Morgan fingerprint density at radius 3 is 2.62 bits per heavy atom. The number of aliphatic hydroxyl groups excluding tert-OH is 2. The molecule has 4 rings (SSSR count). The van der Waals surface area contributed by atoms with E-state index in [9.17, 15) is 10.2 Å². The number of benzene rings is 2. The lowest BCUT2D eigenvalue weighted by Crippen LogP contribution is -2.44. The molecule has 5 nitrogen and oxygen atoms in total. The van der Waals surface area contributed by atoms with E-state index in [0.717, 1.165) is 29.9 Å². The third kappa shape index (κ3) is 4.00. The van der Waals surface area contributed by atoms with E-state index < -0.39 is 18.3 Å². The molecular formula is C24H30O5. The Bertz CT molecular complexity index is 849. The number of rotatable bonds is 5. The summed E-state index contributed by atoms with van der Waals surface area (Å²) in [6.45, 7) is 7.23. The molecule has 2 aliphatic heterocycles. The minimum Gasteiger partial charge on any atom is -0.494 e. The van der Waals surface area contributed by atoms with Crippen LogP contribution in [0.25, 0.3) is 0 Å². The van der Waals surface area contributed by atoms with Crippen LogP contribution >= 0.6 is 0 Å². The average molecular weight is 398 g/mol. The van der Waals surface area contributed by atoms with Gasteiger partial charge < -0.3 is 24.4 Å². The van der Waals surface area contributed by atoms with Crippen molar-refractivity contribution in [1.82, 2.24) is 0 Å². The van der Waals surface area contributed by atoms with Gasteiger partial charge in [-0.15, -0.1) is 0 Å².